The van der Waals surface area contributed by atoms with Crippen molar-refractivity contribution in [2.75, 3.05) is 19.6 Å². The summed E-state index contributed by atoms with van der Waals surface area (Å²) in [6.07, 6.45) is 2.65. The number of carbonyl (C=O) groups is 2. The highest BCUT2D eigenvalue weighted by Crippen LogP contribution is 2.35. The van der Waals surface area contributed by atoms with E-state index < -0.39 is 11.4 Å². The Kier molecular flexibility index (Phi) is 4.78. The Morgan fingerprint density at radius 1 is 1.29 bits per heavy atom. The summed E-state index contributed by atoms with van der Waals surface area (Å²) in [6, 6.07) is -0.0676. The molecule has 2 amide bonds. The molecule has 1 aliphatic rings. The highest BCUT2D eigenvalue weighted by atomic mass is 16.4. The highest BCUT2D eigenvalue weighted by molar-refractivity contribution is 5.77. The van der Waals surface area contributed by atoms with Crippen molar-refractivity contribution >= 4 is 12.0 Å². The van der Waals surface area contributed by atoms with Crippen LogP contribution >= 0.6 is 0 Å². The molecule has 0 aromatic heterocycles. The van der Waals surface area contributed by atoms with Crippen LogP contribution in [0, 0.1) is 5.41 Å². The molecule has 0 aliphatic carbocycles. The molecule has 1 aliphatic heterocycles. The Morgan fingerprint density at radius 2 is 1.88 bits per heavy atom. The Labute approximate surface area is 102 Å². The molecule has 0 bridgehead atoms. The molecule has 2 N–H and O–H groups in total. The van der Waals surface area contributed by atoms with E-state index in [2.05, 4.69) is 5.32 Å². The van der Waals surface area contributed by atoms with Crippen LogP contribution in [0.25, 0.3) is 0 Å². The highest BCUT2D eigenvalue weighted by Gasteiger charge is 2.40. The zero-order valence-electron chi connectivity index (χ0n) is 10.7. The maximum atomic E-state index is 11.7. The van der Waals surface area contributed by atoms with Crippen molar-refractivity contribution in [3.05, 3.63) is 0 Å². The smallest absolute Gasteiger partial charge is 0.317 e. The fourth-order valence-corrected chi connectivity index (χ4v) is 2.20. The van der Waals surface area contributed by atoms with Gasteiger partial charge in [-0.2, -0.15) is 0 Å². The van der Waals surface area contributed by atoms with Crippen LogP contribution in [0.5, 0.6) is 0 Å². The van der Waals surface area contributed by atoms with Gasteiger partial charge in [-0.25, -0.2) is 4.79 Å². The zero-order chi connectivity index (χ0) is 12.9. The van der Waals surface area contributed by atoms with Gasteiger partial charge in [-0.3, -0.25) is 4.79 Å². The molecule has 0 aromatic carbocycles. The summed E-state index contributed by atoms with van der Waals surface area (Å²) < 4.78 is 0. The van der Waals surface area contributed by atoms with Gasteiger partial charge in [-0.05, 0) is 25.7 Å². The molecule has 1 heterocycles. The average Bonchev–Trinajstić information content (AvgIpc) is 2.35. The van der Waals surface area contributed by atoms with Gasteiger partial charge in [-0.15, -0.1) is 0 Å². The Bertz CT molecular complexity index is 283. The topological polar surface area (TPSA) is 69.6 Å². The van der Waals surface area contributed by atoms with Gasteiger partial charge in [0.1, 0.15) is 0 Å². The minimum atomic E-state index is -0.728. The second-order valence-corrected chi connectivity index (χ2v) is 4.66. The number of aliphatic carboxylic acids is 1. The first-order valence-corrected chi connectivity index (χ1v) is 6.32. The maximum absolute atomic E-state index is 11.7. The van der Waals surface area contributed by atoms with Crippen LogP contribution in [0.4, 0.5) is 4.79 Å². The number of carbonyl (C=O) groups excluding carboxylic acids is 1. The lowest BCUT2D eigenvalue weighted by Gasteiger charge is -2.38. The van der Waals surface area contributed by atoms with Gasteiger partial charge in [0.2, 0.25) is 0 Å². The van der Waals surface area contributed by atoms with Gasteiger partial charge in [0.05, 0.1) is 5.41 Å². The second-order valence-electron chi connectivity index (χ2n) is 4.66. The number of carboxylic acids is 1. The van der Waals surface area contributed by atoms with E-state index in [9.17, 15) is 14.7 Å². The van der Waals surface area contributed by atoms with Crippen LogP contribution in [0.1, 0.15) is 39.5 Å². The fraction of sp³-hybridized carbons (Fsp3) is 0.833. The van der Waals surface area contributed by atoms with Crippen molar-refractivity contribution in [3.63, 3.8) is 0 Å². The molecule has 0 aromatic rings. The van der Waals surface area contributed by atoms with Crippen molar-refractivity contribution in [2.45, 2.75) is 39.5 Å². The van der Waals surface area contributed by atoms with Gasteiger partial charge >= 0.3 is 12.0 Å². The van der Waals surface area contributed by atoms with E-state index in [1.807, 2.05) is 13.8 Å². The van der Waals surface area contributed by atoms with Crippen LogP contribution < -0.4 is 5.32 Å². The van der Waals surface area contributed by atoms with Crippen molar-refractivity contribution in [1.82, 2.24) is 10.2 Å². The van der Waals surface area contributed by atoms with Crippen LogP contribution in [-0.4, -0.2) is 41.6 Å². The standard InChI is InChI=1S/C12H22N2O3/c1-3-7-13-11(17)14-8-5-12(4-2,6-9-14)10(15)16/h3-9H2,1-2H3,(H,13,17)(H,15,16). The third-order valence-corrected chi connectivity index (χ3v) is 3.66. The molecule has 0 spiro atoms. The third kappa shape index (κ3) is 3.11. The monoisotopic (exact) mass is 242 g/mol. The molecular formula is C12H22N2O3. The zero-order valence-corrected chi connectivity index (χ0v) is 10.7. The summed E-state index contributed by atoms with van der Waals surface area (Å²) in [5.74, 6) is -0.728. The lowest BCUT2D eigenvalue weighted by atomic mass is 9.76. The van der Waals surface area contributed by atoms with Gasteiger partial charge in [-0.1, -0.05) is 13.8 Å². The third-order valence-electron chi connectivity index (χ3n) is 3.66. The van der Waals surface area contributed by atoms with Crippen molar-refractivity contribution in [1.29, 1.82) is 0 Å². The van der Waals surface area contributed by atoms with E-state index in [1.54, 1.807) is 4.90 Å². The first-order valence-electron chi connectivity index (χ1n) is 6.32. The molecule has 1 saturated heterocycles. The molecular weight excluding hydrogens is 220 g/mol. The number of carboxylic acid groups (broad SMARTS) is 1. The maximum Gasteiger partial charge on any atom is 0.317 e. The Balaban J connectivity index is 2.49. The predicted molar refractivity (Wildman–Crippen MR) is 64.9 cm³/mol. The minimum Gasteiger partial charge on any atom is -0.481 e. The molecule has 0 radical (unpaired) electrons. The SMILES string of the molecule is CCCNC(=O)N1CCC(CC)(C(=O)O)CC1. The largest absolute Gasteiger partial charge is 0.481 e. The molecule has 98 valence electrons. The first-order chi connectivity index (χ1) is 8.05. The summed E-state index contributed by atoms with van der Waals surface area (Å²) in [6.45, 7) is 5.66. The number of likely N-dealkylation sites (tertiary alicyclic amines) is 1. The summed E-state index contributed by atoms with van der Waals surface area (Å²) in [5.41, 5.74) is -0.623. The van der Waals surface area contributed by atoms with Crippen LogP contribution in [0.2, 0.25) is 0 Å². The van der Waals surface area contributed by atoms with E-state index in [-0.39, 0.29) is 6.03 Å². The molecule has 5 heteroatoms. The average molecular weight is 242 g/mol. The van der Waals surface area contributed by atoms with Gasteiger partial charge in [0.25, 0.3) is 0 Å². The van der Waals surface area contributed by atoms with E-state index in [0.717, 1.165) is 6.42 Å². The Morgan fingerprint density at radius 3 is 2.29 bits per heavy atom. The first kappa shape index (κ1) is 13.8. The summed E-state index contributed by atoms with van der Waals surface area (Å²) >= 11 is 0. The number of piperidine rings is 1. The van der Waals surface area contributed by atoms with Crippen molar-refractivity contribution < 1.29 is 14.7 Å². The molecule has 1 fully saturated rings. The van der Waals surface area contributed by atoms with E-state index in [1.165, 1.54) is 0 Å². The van der Waals surface area contributed by atoms with Crippen LogP contribution in [0.3, 0.4) is 0 Å². The lowest BCUT2D eigenvalue weighted by Crippen LogP contribution is -2.49. The van der Waals surface area contributed by atoms with Crippen molar-refractivity contribution in [3.8, 4) is 0 Å². The quantitative estimate of drug-likeness (QED) is 0.788. The normalized spacial score (nSPS) is 18.8. The van der Waals surface area contributed by atoms with Crippen LogP contribution in [-0.2, 0) is 4.79 Å². The van der Waals surface area contributed by atoms with Crippen molar-refractivity contribution in [2.24, 2.45) is 5.41 Å². The number of nitrogens with zero attached hydrogens (tertiary/aromatic N) is 1. The van der Waals surface area contributed by atoms with E-state index in [0.29, 0.717) is 38.9 Å². The summed E-state index contributed by atoms with van der Waals surface area (Å²) in [7, 11) is 0. The fourth-order valence-electron chi connectivity index (χ4n) is 2.20. The van der Waals surface area contributed by atoms with Gasteiger partial charge in [0.15, 0.2) is 0 Å². The molecule has 1 rings (SSSR count). The van der Waals surface area contributed by atoms with E-state index >= 15 is 0 Å². The molecule has 17 heavy (non-hydrogen) atoms. The molecule has 5 nitrogen and oxygen atoms in total. The molecule has 0 saturated carbocycles. The number of amides is 2. The van der Waals surface area contributed by atoms with E-state index in [4.69, 9.17) is 0 Å². The van der Waals surface area contributed by atoms with Crippen LogP contribution in [0.15, 0.2) is 0 Å². The molecule has 0 unspecified atom stereocenters. The molecule has 0 atom stereocenters. The summed E-state index contributed by atoms with van der Waals surface area (Å²) in [5, 5.41) is 12.1. The number of nitrogens with one attached hydrogen (secondary N) is 1. The lowest BCUT2D eigenvalue weighted by molar-refractivity contribution is -0.151. The predicted octanol–water partition coefficient (Wildman–Crippen LogP) is 1.68. The number of hydrogen-bond acceptors (Lipinski definition) is 2. The number of hydrogen-bond donors (Lipinski definition) is 2. The number of rotatable bonds is 4. The second kappa shape index (κ2) is 5.89. The number of urea groups is 1. The summed E-state index contributed by atoms with van der Waals surface area (Å²) in [4.78, 5) is 24.6. The Hall–Kier alpha value is -1.26. The van der Waals surface area contributed by atoms with Gasteiger partial charge in [0, 0.05) is 19.6 Å². The van der Waals surface area contributed by atoms with Gasteiger partial charge < -0.3 is 15.3 Å². The minimum absolute atomic E-state index is 0.0676.